The smallest absolute Gasteiger partial charge is 0.317 e. The molecule has 1 aromatic heterocycles. The van der Waals surface area contributed by atoms with Gasteiger partial charge in [0.25, 0.3) is 0 Å². The fraction of sp³-hybridized carbons (Fsp3) is 0.600. The Balaban J connectivity index is 1.89. The van der Waals surface area contributed by atoms with E-state index in [1.807, 2.05) is 42.2 Å². The molecule has 2 amide bonds. The molecule has 0 spiro atoms. The number of nitrogens with zero attached hydrogens (tertiary/aromatic N) is 3. The second kappa shape index (κ2) is 8.12. The largest absolute Gasteiger partial charge is 0.338 e. The van der Waals surface area contributed by atoms with Crippen molar-refractivity contribution in [3.05, 3.63) is 30.6 Å². The van der Waals surface area contributed by atoms with E-state index in [1.165, 1.54) is 0 Å². The van der Waals surface area contributed by atoms with Gasteiger partial charge in [-0.3, -0.25) is 4.68 Å². The van der Waals surface area contributed by atoms with Crippen LogP contribution in [0.3, 0.4) is 0 Å². The van der Waals surface area contributed by atoms with E-state index in [-0.39, 0.29) is 12.1 Å². The van der Waals surface area contributed by atoms with Crippen molar-refractivity contribution in [2.24, 2.45) is 7.05 Å². The monoisotopic (exact) mass is 308 g/mol. The van der Waals surface area contributed by atoms with Gasteiger partial charge in [-0.2, -0.15) is 16.9 Å². The summed E-state index contributed by atoms with van der Waals surface area (Å²) in [5.41, 5.74) is 1.12. The molecular formula is C15H24N4OS. The molecule has 0 saturated carbocycles. The number of hydrogen-bond acceptors (Lipinski definition) is 3. The SMILES string of the molecule is C=CCCCCNC(=O)N1CCSC[C@H]1c1cnn(C)c1. The fourth-order valence-corrected chi connectivity index (χ4v) is 3.53. The molecule has 0 aromatic carbocycles. The number of carbonyl (C=O) groups excluding carboxylic acids is 1. The number of rotatable bonds is 6. The lowest BCUT2D eigenvalue weighted by molar-refractivity contribution is 0.182. The molecule has 1 saturated heterocycles. The van der Waals surface area contributed by atoms with E-state index in [0.29, 0.717) is 0 Å². The molecule has 1 fully saturated rings. The maximum absolute atomic E-state index is 12.4. The highest BCUT2D eigenvalue weighted by Crippen LogP contribution is 2.29. The van der Waals surface area contributed by atoms with Crippen LogP contribution in [0, 0.1) is 0 Å². The zero-order valence-corrected chi connectivity index (χ0v) is 13.4. The number of aryl methyl sites for hydroxylation is 1. The van der Waals surface area contributed by atoms with Gasteiger partial charge in [-0.1, -0.05) is 6.08 Å². The van der Waals surface area contributed by atoms with Gasteiger partial charge >= 0.3 is 6.03 Å². The van der Waals surface area contributed by atoms with E-state index >= 15 is 0 Å². The Hall–Kier alpha value is -1.43. The first-order valence-electron chi connectivity index (χ1n) is 7.44. The number of amides is 2. The number of nitrogens with one attached hydrogen (secondary N) is 1. The second-order valence-corrected chi connectivity index (χ2v) is 6.40. The molecule has 2 rings (SSSR count). The molecule has 1 aromatic rings. The van der Waals surface area contributed by atoms with E-state index < -0.39 is 0 Å². The normalized spacial score (nSPS) is 18.5. The maximum Gasteiger partial charge on any atom is 0.317 e. The number of hydrogen-bond donors (Lipinski definition) is 1. The van der Waals surface area contributed by atoms with E-state index in [9.17, 15) is 4.79 Å². The van der Waals surface area contributed by atoms with Crippen LogP contribution in [-0.4, -0.2) is 45.3 Å². The molecule has 21 heavy (non-hydrogen) atoms. The van der Waals surface area contributed by atoms with Crippen molar-refractivity contribution in [3.63, 3.8) is 0 Å². The molecule has 0 bridgehead atoms. The highest BCUT2D eigenvalue weighted by molar-refractivity contribution is 7.99. The van der Waals surface area contributed by atoms with Crippen LogP contribution in [0.1, 0.15) is 30.9 Å². The Kier molecular flexibility index (Phi) is 6.17. The molecule has 0 radical (unpaired) electrons. The summed E-state index contributed by atoms with van der Waals surface area (Å²) >= 11 is 1.89. The lowest BCUT2D eigenvalue weighted by atomic mass is 10.1. The fourth-order valence-electron chi connectivity index (χ4n) is 2.45. The molecule has 6 heteroatoms. The molecule has 1 N–H and O–H groups in total. The summed E-state index contributed by atoms with van der Waals surface area (Å²) < 4.78 is 1.79. The quantitative estimate of drug-likeness (QED) is 0.649. The standard InChI is InChI=1S/C15H24N4OS/c1-3-4-5-6-7-16-15(20)19-8-9-21-12-14(19)13-10-17-18(2)11-13/h3,10-11,14H,1,4-9,12H2,2H3,(H,16,20)/t14-/m0/s1. The second-order valence-electron chi connectivity index (χ2n) is 5.25. The van der Waals surface area contributed by atoms with Gasteiger partial charge in [0.15, 0.2) is 0 Å². The highest BCUT2D eigenvalue weighted by Gasteiger charge is 2.28. The summed E-state index contributed by atoms with van der Waals surface area (Å²) in [5.74, 6) is 1.94. The van der Waals surface area contributed by atoms with Crippen LogP contribution in [0.4, 0.5) is 4.79 Å². The van der Waals surface area contributed by atoms with Crippen LogP contribution in [0.2, 0.25) is 0 Å². The third kappa shape index (κ3) is 4.52. The van der Waals surface area contributed by atoms with E-state index in [1.54, 1.807) is 4.68 Å². The summed E-state index contributed by atoms with van der Waals surface area (Å²) in [4.78, 5) is 14.3. The van der Waals surface area contributed by atoms with E-state index in [4.69, 9.17) is 0 Å². The van der Waals surface area contributed by atoms with Crippen molar-refractivity contribution in [3.8, 4) is 0 Å². The Bertz CT molecular complexity index is 474. The van der Waals surface area contributed by atoms with E-state index in [0.717, 1.165) is 49.4 Å². The Morgan fingerprint density at radius 2 is 2.48 bits per heavy atom. The summed E-state index contributed by atoms with van der Waals surface area (Å²) in [6.45, 7) is 5.23. The minimum Gasteiger partial charge on any atom is -0.338 e. The molecule has 1 atom stereocenters. The van der Waals surface area contributed by atoms with Gasteiger partial charge in [-0.05, 0) is 19.3 Å². The Morgan fingerprint density at radius 3 is 3.19 bits per heavy atom. The number of unbranched alkanes of at least 4 members (excludes halogenated alkanes) is 2. The summed E-state index contributed by atoms with van der Waals surface area (Å²) in [6, 6.07) is 0.174. The van der Waals surface area contributed by atoms with Crippen LogP contribution < -0.4 is 5.32 Å². The van der Waals surface area contributed by atoms with Gasteiger partial charge in [0, 0.05) is 43.4 Å². The number of thioether (sulfide) groups is 1. The van der Waals surface area contributed by atoms with Gasteiger partial charge in [-0.25, -0.2) is 4.79 Å². The van der Waals surface area contributed by atoms with Gasteiger partial charge in [0.2, 0.25) is 0 Å². The van der Waals surface area contributed by atoms with Crippen molar-refractivity contribution in [1.82, 2.24) is 20.0 Å². The zero-order valence-electron chi connectivity index (χ0n) is 12.6. The summed E-state index contributed by atoms with van der Waals surface area (Å²) in [7, 11) is 1.91. The van der Waals surface area contributed by atoms with Gasteiger partial charge in [-0.15, -0.1) is 6.58 Å². The van der Waals surface area contributed by atoms with Crippen molar-refractivity contribution >= 4 is 17.8 Å². The third-order valence-electron chi connectivity index (χ3n) is 3.61. The topological polar surface area (TPSA) is 50.2 Å². The highest BCUT2D eigenvalue weighted by atomic mass is 32.2. The first kappa shape index (κ1) is 15.9. The predicted molar refractivity (Wildman–Crippen MR) is 87.4 cm³/mol. The van der Waals surface area contributed by atoms with Crippen molar-refractivity contribution in [2.75, 3.05) is 24.6 Å². The molecule has 116 valence electrons. The average molecular weight is 308 g/mol. The van der Waals surface area contributed by atoms with Crippen LogP contribution in [0.5, 0.6) is 0 Å². The van der Waals surface area contributed by atoms with E-state index in [2.05, 4.69) is 17.0 Å². The number of allylic oxidation sites excluding steroid dienone is 1. The molecule has 5 nitrogen and oxygen atoms in total. The van der Waals surface area contributed by atoms with Crippen molar-refractivity contribution in [1.29, 1.82) is 0 Å². The third-order valence-corrected chi connectivity index (χ3v) is 4.63. The van der Waals surface area contributed by atoms with Crippen molar-refractivity contribution < 1.29 is 4.79 Å². The van der Waals surface area contributed by atoms with Crippen LogP contribution in [-0.2, 0) is 7.05 Å². The Labute approximate surface area is 130 Å². The van der Waals surface area contributed by atoms with Gasteiger partial charge in [0.1, 0.15) is 0 Å². The van der Waals surface area contributed by atoms with Gasteiger partial charge < -0.3 is 10.2 Å². The molecule has 1 aliphatic heterocycles. The summed E-state index contributed by atoms with van der Waals surface area (Å²) in [6.07, 6.45) is 8.86. The number of carbonyl (C=O) groups is 1. The lowest BCUT2D eigenvalue weighted by Crippen LogP contribution is -2.46. The average Bonchev–Trinajstić information content (AvgIpc) is 2.93. The maximum atomic E-state index is 12.4. The van der Waals surface area contributed by atoms with Gasteiger partial charge in [0.05, 0.1) is 12.2 Å². The first-order chi connectivity index (χ1) is 10.2. The molecule has 1 aliphatic rings. The number of aromatic nitrogens is 2. The lowest BCUT2D eigenvalue weighted by Gasteiger charge is -2.34. The van der Waals surface area contributed by atoms with Crippen LogP contribution in [0.25, 0.3) is 0 Å². The van der Waals surface area contributed by atoms with Crippen molar-refractivity contribution in [2.45, 2.75) is 25.3 Å². The molecule has 2 heterocycles. The van der Waals surface area contributed by atoms with Crippen LogP contribution in [0.15, 0.2) is 25.0 Å². The van der Waals surface area contributed by atoms with Crippen LogP contribution >= 0.6 is 11.8 Å². The molecular weight excluding hydrogens is 284 g/mol. The predicted octanol–water partition coefficient (Wildman–Crippen LogP) is 2.58. The summed E-state index contributed by atoms with van der Waals surface area (Å²) in [5, 5.41) is 7.26. The Morgan fingerprint density at radius 1 is 1.62 bits per heavy atom. The molecule has 0 aliphatic carbocycles. The minimum absolute atomic E-state index is 0.0442. The first-order valence-corrected chi connectivity index (χ1v) is 8.59. The number of urea groups is 1. The zero-order chi connectivity index (χ0) is 15.1. The minimum atomic E-state index is 0.0442. The molecule has 0 unspecified atom stereocenters.